The van der Waals surface area contributed by atoms with E-state index in [1.807, 2.05) is 0 Å². The lowest BCUT2D eigenvalue weighted by atomic mass is 10.2. The monoisotopic (exact) mass is 246 g/mol. The van der Waals surface area contributed by atoms with Crippen LogP contribution >= 0.6 is 0 Å². The molecule has 2 rings (SSSR count). The van der Waals surface area contributed by atoms with Gasteiger partial charge in [-0.3, -0.25) is 0 Å². The van der Waals surface area contributed by atoms with Crippen LogP contribution in [-0.4, -0.2) is 31.3 Å². The topological polar surface area (TPSA) is 25.4 Å². The van der Waals surface area contributed by atoms with Gasteiger partial charge in [-0.05, 0) is 12.8 Å². The van der Waals surface area contributed by atoms with Crippen molar-refractivity contribution in [2.45, 2.75) is 18.9 Å². The van der Waals surface area contributed by atoms with Crippen LogP contribution in [0.1, 0.15) is 12.8 Å². The quantitative estimate of drug-likeness (QED) is 0.764. The second-order valence-corrected chi connectivity index (χ2v) is 4.08. The molecule has 17 heavy (non-hydrogen) atoms. The van der Waals surface area contributed by atoms with Crippen molar-refractivity contribution in [2.75, 3.05) is 25.1 Å². The molecule has 0 spiro atoms. The van der Waals surface area contributed by atoms with Crippen molar-refractivity contribution in [3.63, 3.8) is 0 Å². The third kappa shape index (κ3) is 2.69. The molecule has 1 aliphatic heterocycles. The lowest BCUT2D eigenvalue weighted by Crippen LogP contribution is -2.30. The maximum Gasteiger partial charge on any atom is 0.251 e. The summed E-state index contributed by atoms with van der Waals surface area (Å²) in [6.07, 6.45) is 1.84. The minimum Gasteiger partial charge on any atom is -0.376 e. The van der Waals surface area contributed by atoms with Gasteiger partial charge in [0.05, 0.1) is 6.10 Å². The van der Waals surface area contributed by atoms with Crippen molar-refractivity contribution in [3.05, 3.63) is 23.6 Å². The summed E-state index contributed by atoms with van der Waals surface area (Å²) in [7, 11) is 1.57. The lowest BCUT2D eigenvalue weighted by Gasteiger charge is -2.22. The molecule has 1 aromatic rings. The van der Waals surface area contributed by atoms with Gasteiger partial charge in [0.1, 0.15) is 0 Å². The molecule has 1 atom stereocenters. The van der Waals surface area contributed by atoms with Crippen LogP contribution in [0.3, 0.4) is 0 Å². The number of hydrogen-bond donors (Lipinski definition) is 0. The van der Waals surface area contributed by atoms with Gasteiger partial charge in [0.15, 0.2) is 17.5 Å². The van der Waals surface area contributed by atoms with Crippen molar-refractivity contribution in [3.8, 4) is 0 Å². The Morgan fingerprint density at radius 2 is 2.18 bits per heavy atom. The molecule has 0 saturated carbocycles. The summed E-state index contributed by atoms with van der Waals surface area (Å²) >= 11 is 0. The van der Waals surface area contributed by atoms with E-state index in [4.69, 9.17) is 4.74 Å². The summed E-state index contributed by atoms with van der Waals surface area (Å²) in [5.74, 6) is -3.64. The molecule has 0 radical (unpaired) electrons. The van der Waals surface area contributed by atoms with Gasteiger partial charge in [0.2, 0.25) is 0 Å². The molecule has 1 aliphatic rings. The molecule has 2 heterocycles. The molecule has 6 heteroatoms. The normalized spacial score (nSPS) is 19.6. The number of anilines is 1. The van der Waals surface area contributed by atoms with Crippen LogP contribution in [0, 0.1) is 17.6 Å². The maximum atomic E-state index is 13.4. The number of ether oxygens (including phenoxy) is 1. The van der Waals surface area contributed by atoms with Gasteiger partial charge < -0.3 is 9.64 Å². The Morgan fingerprint density at radius 3 is 2.82 bits per heavy atom. The highest BCUT2D eigenvalue weighted by Crippen LogP contribution is 2.20. The molecule has 0 aliphatic carbocycles. The Hall–Kier alpha value is -1.30. The standard InChI is InChI=1S/C11H13F3N2O/c1-16(6-7-3-2-4-17-7)11-9(13)5-8(12)10(14)15-11/h5,7H,2-4,6H2,1H3. The smallest absolute Gasteiger partial charge is 0.251 e. The fraction of sp³-hybridized carbons (Fsp3) is 0.545. The van der Waals surface area contributed by atoms with Crippen LogP contribution in [0.4, 0.5) is 19.0 Å². The number of rotatable bonds is 3. The minimum absolute atomic E-state index is 0.00526. The van der Waals surface area contributed by atoms with Crippen LogP contribution in [0.15, 0.2) is 6.07 Å². The number of aromatic nitrogens is 1. The van der Waals surface area contributed by atoms with Crippen LogP contribution in [-0.2, 0) is 4.74 Å². The number of halogens is 3. The lowest BCUT2D eigenvalue weighted by molar-refractivity contribution is 0.116. The molecule has 3 nitrogen and oxygen atoms in total. The highest BCUT2D eigenvalue weighted by Gasteiger charge is 2.21. The molecule has 0 amide bonds. The average Bonchev–Trinajstić information content (AvgIpc) is 2.76. The van der Waals surface area contributed by atoms with E-state index in [1.165, 1.54) is 4.90 Å². The van der Waals surface area contributed by atoms with E-state index in [0.717, 1.165) is 12.8 Å². The molecule has 1 fully saturated rings. The first kappa shape index (κ1) is 12.2. The molecular formula is C11H13F3N2O. The molecule has 1 unspecified atom stereocenters. The van der Waals surface area contributed by atoms with E-state index in [1.54, 1.807) is 7.05 Å². The Balaban J connectivity index is 2.12. The first-order valence-corrected chi connectivity index (χ1v) is 5.42. The van der Waals surface area contributed by atoms with Crippen LogP contribution < -0.4 is 4.90 Å². The van der Waals surface area contributed by atoms with Crippen molar-refractivity contribution in [1.29, 1.82) is 0 Å². The van der Waals surface area contributed by atoms with Gasteiger partial charge in [-0.15, -0.1) is 0 Å². The summed E-state index contributed by atoms with van der Waals surface area (Å²) in [5.41, 5.74) is 0. The number of pyridine rings is 1. The van der Waals surface area contributed by atoms with Crippen molar-refractivity contribution in [1.82, 2.24) is 4.98 Å². The largest absolute Gasteiger partial charge is 0.376 e. The Bertz CT molecular complexity index is 408. The van der Waals surface area contributed by atoms with Crippen molar-refractivity contribution < 1.29 is 17.9 Å². The second kappa shape index (κ2) is 4.91. The fourth-order valence-electron chi connectivity index (χ4n) is 1.88. The zero-order valence-corrected chi connectivity index (χ0v) is 9.42. The first-order chi connectivity index (χ1) is 8.08. The predicted molar refractivity (Wildman–Crippen MR) is 56.4 cm³/mol. The van der Waals surface area contributed by atoms with Gasteiger partial charge in [0, 0.05) is 26.3 Å². The molecule has 0 bridgehead atoms. The number of likely N-dealkylation sites (N-methyl/N-ethyl adjacent to an activating group) is 1. The van der Waals surface area contributed by atoms with E-state index in [-0.39, 0.29) is 11.9 Å². The molecule has 0 aromatic carbocycles. The van der Waals surface area contributed by atoms with Gasteiger partial charge in [-0.2, -0.15) is 9.37 Å². The fourth-order valence-corrected chi connectivity index (χ4v) is 1.88. The minimum atomic E-state index is -1.29. The summed E-state index contributed by atoms with van der Waals surface area (Å²) in [6.45, 7) is 1.10. The van der Waals surface area contributed by atoms with Crippen LogP contribution in [0.5, 0.6) is 0 Å². The van der Waals surface area contributed by atoms with Gasteiger partial charge in [-0.25, -0.2) is 8.78 Å². The summed E-state index contributed by atoms with van der Waals surface area (Å²) in [5, 5.41) is 0. The molecule has 0 N–H and O–H groups in total. The molecule has 94 valence electrons. The highest BCUT2D eigenvalue weighted by atomic mass is 19.2. The molecule has 1 saturated heterocycles. The molecular weight excluding hydrogens is 233 g/mol. The summed E-state index contributed by atoms with van der Waals surface area (Å²) in [6, 6.07) is 0.504. The van der Waals surface area contributed by atoms with Crippen LogP contribution in [0.2, 0.25) is 0 Å². The average molecular weight is 246 g/mol. The number of hydrogen-bond acceptors (Lipinski definition) is 3. The maximum absolute atomic E-state index is 13.4. The Labute approximate surface area is 97.2 Å². The van der Waals surface area contributed by atoms with E-state index in [2.05, 4.69) is 4.98 Å². The van der Waals surface area contributed by atoms with Crippen molar-refractivity contribution >= 4 is 5.82 Å². The van der Waals surface area contributed by atoms with E-state index >= 15 is 0 Å². The van der Waals surface area contributed by atoms with Gasteiger partial charge in [-0.1, -0.05) is 0 Å². The van der Waals surface area contributed by atoms with Crippen molar-refractivity contribution in [2.24, 2.45) is 0 Å². The van der Waals surface area contributed by atoms with Gasteiger partial charge in [0.25, 0.3) is 5.95 Å². The summed E-state index contributed by atoms with van der Waals surface area (Å²) in [4.78, 5) is 4.71. The third-order valence-electron chi connectivity index (χ3n) is 2.73. The number of nitrogens with zero attached hydrogens (tertiary/aromatic N) is 2. The highest BCUT2D eigenvalue weighted by molar-refractivity contribution is 5.39. The second-order valence-electron chi connectivity index (χ2n) is 4.08. The van der Waals surface area contributed by atoms with E-state index in [0.29, 0.717) is 19.2 Å². The Morgan fingerprint density at radius 1 is 1.41 bits per heavy atom. The van der Waals surface area contributed by atoms with Crippen LogP contribution in [0.25, 0.3) is 0 Å². The first-order valence-electron chi connectivity index (χ1n) is 5.42. The SMILES string of the molecule is CN(CC1CCCO1)c1nc(F)c(F)cc1F. The van der Waals surface area contributed by atoms with E-state index in [9.17, 15) is 13.2 Å². The van der Waals surface area contributed by atoms with E-state index < -0.39 is 17.6 Å². The predicted octanol–water partition coefficient (Wildman–Crippen LogP) is 2.11. The third-order valence-corrected chi connectivity index (χ3v) is 2.73. The molecule has 1 aromatic heterocycles. The van der Waals surface area contributed by atoms with Gasteiger partial charge >= 0.3 is 0 Å². The zero-order valence-electron chi connectivity index (χ0n) is 9.42. The zero-order chi connectivity index (χ0) is 12.4. The Kier molecular flexibility index (Phi) is 3.51. The summed E-state index contributed by atoms with van der Waals surface area (Å²) < 4.78 is 44.4.